The van der Waals surface area contributed by atoms with Gasteiger partial charge in [0.1, 0.15) is 0 Å². The van der Waals surface area contributed by atoms with Crippen LogP contribution in [0.15, 0.2) is 27.6 Å². The molecule has 1 aromatic rings. The Hall–Kier alpha value is -0.430. The Morgan fingerprint density at radius 2 is 2.00 bits per heavy atom. The second kappa shape index (κ2) is 5.69. The van der Waals surface area contributed by atoms with Crippen LogP contribution in [0.25, 0.3) is 0 Å². The molecule has 1 saturated heterocycles. The van der Waals surface area contributed by atoms with Crippen LogP contribution < -0.4 is 5.32 Å². The molecule has 1 heterocycles. The van der Waals surface area contributed by atoms with Crippen molar-refractivity contribution in [3.8, 4) is 0 Å². The van der Waals surface area contributed by atoms with E-state index in [1.165, 1.54) is 0 Å². The summed E-state index contributed by atoms with van der Waals surface area (Å²) < 4.78 is 27.4. The minimum absolute atomic E-state index is 0.372. The standard InChI is InChI=1S/C12H17BrN2O2S/c1-10-7-11(13)9-12(8-10)18(16,17)15-5-2-3-14-4-6-15/h7-9,14H,2-6H2,1H3. The summed E-state index contributed by atoms with van der Waals surface area (Å²) in [5.74, 6) is 0. The summed E-state index contributed by atoms with van der Waals surface area (Å²) in [4.78, 5) is 0.372. The third-order valence-electron chi connectivity index (χ3n) is 2.95. The number of nitrogens with zero attached hydrogens (tertiary/aromatic N) is 1. The molecule has 18 heavy (non-hydrogen) atoms. The molecule has 0 spiro atoms. The number of sulfonamides is 1. The van der Waals surface area contributed by atoms with Crippen LogP contribution in [0, 0.1) is 6.92 Å². The second-order valence-corrected chi connectivity index (χ2v) is 7.33. The van der Waals surface area contributed by atoms with Gasteiger partial charge >= 0.3 is 0 Å². The molecular weight excluding hydrogens is 316 g/mol. The highest BCUT2D eigenvalue weighted by Gasteiger charge is 2.25. The Labute approximate surface area is 117 Å². The summed E-state index contributed by atoms with van der Waals surface area (Å²) in [5.41, 5.74) is 0.941. The van der Waals surface area contributed by atoms with Crippen LogP contribution in [0.1, 0.15) is 12.0 Å². The lowest BCUT2D eigenvalue weighted by atomic mass is 10.2. The van der Waals surface area contributed by atoms with Crippen molar-refractivity contribution >= 4 is 26.0 Å². The van der Waals surface area contributed by atoms with Gasteiger partial charge in [-0.05, 0) is 43.7 Å². The van der Waals surface area contributed by atoms with Crippen molar-refractivity contribution in [3.05, 3.63) is 28.2 Å². The largest absolute Gasteiger partial charge is 0.315 e. The first-order valence-corrected chi connectivity index (χ1v) is 8.21. The molecule has 0 bridgehead atoms. The lowest BCUT2D eigenvalue weighted by Gasteiger charge is -2.20. The van der Waals surface area contributed by atoms with Gasteiger partial charge in [-0.2, -0.15) is 4.31 Å². The Morgan fingerprint density at radius 3 is 2.72 bits per heavy atom. The highest BCUT2D eigenvalue weighted by atomic mass is 79.9. The molecule has 1 N–H and O–H groups in total. The molecule has 2 rings (SSSR count). The van der Waals surface area contributed by atoms with Gasteiger partial charge in [0, 0.05) is 24.1 Å². The van der Waals surface area contributed by atoms with E-state index >= 15 is 0 Å². The smallest absolute Gasteiger partial charge is 0.243 e. The highest BCUT2D eigenvalue weighted by molar-refractivity contribution is 9.10. The first-order chi connectivity index (χ1) is 8.50. The summed E-state index contributed by atoms with van der Waals surface area (Å²) in [6.45, 7) is 4.61. The third kappa shape index (κ3) is 3.12. The van der Waals surface area contributed by atoms with Gasteiger partial charge in [0.2, 0.25) is 10.0 Å². The van der Waals surface area contributed by atoms with Gasteiger partial charge < -0.3 is 5.32 Å². The number of aryl methyl sites for hydroxylation is 1. The van der Waals surface area contributed by atoms with Crippen molar-refractivity contribution < 1.29 is 8.42 Å². The van der Waals surface area contributed by atoms with Crippen LogP contribution in [0.3, 0.4) is 0 Å². The normalized spacial score (nSPS) is 18.6. The van der Waals surface area contributed by atoms with Crippen LogP contribution >= 0.6 is 15.9 Å². The second-order valence-electron chi connectivity index (χ2n) is 4.47. The maximum atomic E-state index is 12.5. The molecule has 6 heteroatoms. The zero-order valence-electron chi connectivity index (χ0n) is 10.3. The van der Waals surface area contributed by atoms with Crippen LogP contribution in [-0.4, -0.2) is 38.9 Å². The van der Waals surface area contributed by atoms with E-state index in [9.17, 15) is 8.42 Å². The monoisotopic (exact) mass is 332 g/mol. The average Bonchev–Trinajstić information content (AvgIpc) is 2.56. The quantitative estimate of drug-likeness (QED) is 0.897. The molecular formula is C12H17BrN2O2S. The van der Waals surface area contributed by atoms with Gasteiger partial charge in [-0.25, -0.2) is 8.42 Å². The summed E-state index contributed by atoms with van der Waals surface area (Å²) >= 11 is 3.35. The van der Waals surface area contributed by atoms with Gasteiger partial charge in [-0.3, -0.25) is 0 Å². The van der Waals surface area contributed by atoms with Crippen LogP contribution in [0.2, 0.25) is 0 Å². The summed E-state index contributed by atoms with van der Waals surface area (Å²) in [6.07, 6.45) is 0.853. The Balaban J connectivity index is 2.34. The molecule has 1 aliphatic heterocycles. The predicted octanol–water partition coefficient (Wildman–Crippen LogP) is 1.74. The van der Waals surface area contributed by atoms with Crippen molar-refractivity contribution in [2.45, 2.75) is 18.2 Å². The number of halogens is 1. The van der Waals surface area contributed by atoms with Crippen LogP contribution in [-0.2, 0) is 10.0 Å². The van der Waals surface area contributed by atoms with Gasteiger partial charge in [-0.1, -0.05) is 15.9 Å². The van der Waals surface area contributed by atoms with Crippen LogP contribution in [0.4, 0.5) is 0 Å². The van der Waals surface area contributed by atoms with Crippen molar-refractivity contribution in [2.24, 2.45) is 0 Å². The Morgan fingerprint density at radius 1 is 1.22 bits per heavy atom. The van der Waals surface area contributed by atoms with Crippen molar-refractivity contribution in [1.29, 1.82) is 0 Å². The molecule has 4 nitrogen and oxygen atoms in total. The average molecular weight is 333 g/mol. The fourth-order valence-corrected chi connectivity index (χ4v) is 4.43. The number of benzene rings is 1. The number of rotatable bonds is 2. The fraction of sp³-hybridized carbons (Fsp3) is 0.500. The van der Waals surface area contributed by atoms with E-state index in [0.29, 0.717) is 24.5 Å². The van der Waals surface area contributed by atoms with E-state index in [1.54, 1.807) is 16.4 Å². The molecule has 0 aromatic heterocycles. The molecule has 1 aromatic carbocycles. The maximum Gasteiger partial charge on any atom is 0.243 e. The fourth-order valence-electron chi connectivity index (χ4n) is 2.06. The molecule has 0 radical (unpaired) electrons. The molecule has 0 aliphatic carbocycles. The number of hydrogen-bond acceptors (Lipinski definition) is 3. The molecule has 1 aliphatic rings. The van der Waals surface area contributed by atoms with E-state index < -0.39 is 10.0 Å². The topological polar surface area (TPSA) is 49.4 Å². The zero-order chi connectivity index (χ0) is 13.2. The molecule has 0 amide bonds. The van der Waals surface area contributed by atoms with Gasteiger partial charge in [0.25, 0.3) is 0 Å². The lowest BCUT2D eigenvalue weighted by molar-refractivity contribution is 0.432. The Kier molecular flexibility index (Phi) is 4.42. The molecule has 0 atom stereocenters. The third-order valence-corrected chi connectivity index (χ3v) is 5.29. The molecule has 0 unspecified atom stereocenters. The van der Waals surface area contributed by atoms with Crippen molar-refractivity contribution in [1.82, 2.24) is 9.62 Å². The van der Waals surface area contributed by atoms with Crippen LogP contribution in [0.5, 0.6) is 0 Å². The zero-order valence-corrected chi connectivity index (χ0v) is 12.7. The maximum absolute atomic E-state index is 12.5. The van der Waals surface area contributed by atoms with Gasteiger partial charge in [0.15, 0.2) is 0 Å². The lowest BCUT2D eigenvalue weighted by Crippen LogP contribution is -2.34. The van der Waals surface area contributed by atoms with Gasteiger partial charge in [0.05, 0.1) is 4.90 Å². The SMILES string of the molecule is Cc1cc(Br)cc(S(=O)(=O)N2CCCNCC2)c1. The molecule has 1 fully saturated rings. The summed E-state index contributed by atoms with van der Waals surface area (Å²) in [7, 11) is -3.37. The predicted molar refractivity (Wildman–Crippen MR) is 75.1 cm³/mol. The van der Waals surface area contributed by atoms with Crippen molar-refractivity contribution in [3.63, 3.8) is 0 Å². The molecule has 0 saturated carbocycles. The first kappa shape index (κ1) is 14.0. The van der Waals surface area contributed by atoms with E-state index in [2.05, 4.69) is 21.2 Å². The number of nitrogens with one attached hydrogen (secondary N) is 1. The minimum atomic E-state index is -3.37. The van der Waals surface area contributed by atoms with E-state index in [4.69, 9.17) is 0 Å². The first-order valence-electron chi connectivity index (χ1n) is 5.98. The van der Waals surface area contributed by atoms with E-state index in [0.717, 1.165) is 23.0 Å². The highest BCUT2D eigenvalue weighted by Crippen LogP contribution is 2.22. The van der Waals surface area contributed by atoms with E-state index in [1.807, 2.05) is 13.0 Å². The molecule has 100 valence electrons. The van der Waals surface area contributed by atoms with Crippen molar-refractivity contribution in [2.75, 3.05) is 26.2 Å². The van der Waals surface area contributed by atoms with E-state index in [-0.39, 0.29) is 0 Å². The van der Waals surface area contributed by atoms with Gasteiger partial charge in [-0.15, -0.1) is 0 Å². The number of hydrogen-bond donors (Lipinski definition) is 1. The Bertz CT molecular complexity index is 503. The summed E-state index contributed by atoms with van der Waals surface area (Å²) in [6, 6.07) is 5.29. The summed E-state index contributed by atoms with van der Waals surface area (Å²) in [5, 5.41) is 3.21. The minimum Gasteiger partial charge on any atom is -0.315 e.